The van der Waals surface area contributed by atoms with Gasteiger partial charge in [0.1, 0.15) is 5.60 Å². The zero-order valence-electron chi connectivity index (χ0n) is 8.99. The van der Waals surface area contributed by atoms with Crippen LogP contribution in [0.4, 0.5) is 0 Å². The van der Waals surface area contributed by atoms with Crippen molar-refractivity contribution >= 4 is 5.91 Å². The molecule has 0 radical (unpaired) electrons. The van der Waals surface area contributed by atoms with Crippen LogP contribution in [0.5, 0.6) is 0 Å². The zero-order chi connectivity index (χ0) is 10.5. The van der Waals surface area contributed by atoms with Gasteiger partial charge in [0.2, 0.25) is 5.91 Å². The van der Waals surface area contributed by atoms with E-state index in [4.69, 9.17) is 10.5 Å². The second-order valence-corrected chi connectivity index (χ2v) is 4.75. The first kappa shape index (κ1) is 9.93. The molecule has 2 rings (SSSR count). The lowest BCUT2D eigenvalue weighted by atomic mass is 9.80. The van der Waals surface area contributed by atoms with Crippen molar-refractivity contribution in [2.24, 2.45) is 11.7 Å². The third-order valence-electron chi connectivity index (χ3n) is 3.75. The van der Waals surface area contributed by atoms with Gasteiger partial charge in [0.15, 0.2) is 6.10 Å². The number of epoxide rings is 1. The molecule has 2 heterocycles. The van der Waals surface area contributed by atoms with Gasteiger partial charge in [-0.1, -0.05) is 6.92 Å². The number of nitrogens with two attached hydrogens (primary N) is 1. The minimum atomic E-state index is -0.339. The topological polar surface area (TPSA) is 58.9 Å². The lowest BCUT2D eigenvalue weighted by Crippen LogP contribution is -2.49. The Morgan fingerprint density at radius 1 is 1.57 bits per heavy atom. The number of primary amides is 1. The van der Waals surface area contributed by atoms with E-state index >= 15 is 0 Å². The molecular weight excluding hydrogens is 180 g/mol. The Morgan fingerprint density at radius 3 is 2.71 bits per heavy atom. The van der Waals surface area contributed by atoms with E-state index in [9.17, 15) is 4.79 Å². The smallest absolute Gasteiger partial charge is 0.249 e. The molecule has 4 nitrogen and oxygen atoms in total. The van der Waals surface area contributed by atoms with E-state index in [1.54, 1.807) is 0 Å². The fraction of sp³-hybridized carbons (Fsp3) is 0.900. The van der Waals surface area contributed by atoms with E-state index in [0.29, 0.717) is 12.0 Å². The van der Waals surface area contributed by atoms with E-state index in [-0.39, 0.29) is 17.6 Å². The van der Waals surface area contributed by atoms with Crippen molar-refractivity contribution in [3.63, 3.8) is 0 Å². The van der Waals surface area contributed by atoms with Gasteiger partial charge in [-0.15, -0.1) is 0 Å². The maximum atomic E-state index is 11.1. The van der Waals surface area contributed by atoms with Gasteiger partial charge in [-0.2, -0.15) is 0 Å². The Bertz CT molecular complexity index is 269. The molecule has 0 aliphatic carbocycles. The molecule has 4 unspecified atom stereocenters. The Hall–Kier alpha value is -0.610. The molecule has 0 saturated carbocycles. The van der Waals surface area contributed by atoms with Crippen LogP contribution in [0.25, 0.3) is 0 Å². The van der Waals surface area contributed by atoms with Crippen LogP contribution < -0.4 is 5.73 Å². The highest BCUT2D eigenvalue weighted by Crippen LogP contribution is 2.49. The lowest BCUT2D eigenvalue weighted by molar-refractivity contribution is -0.119. The highest BCUT2D eigenvalue weighted by atomic mass is 16.6. The summed E-state index contributed by atoms with van der Waals surface area (Å²) in [6.45, 7) is 5.27. The monoisotopic (exact) mass is 198 g/mol. The highest BCUT2D eigenvalue weighted by molar-refractivity contribution is 5.83. The third-order valence-corrected chi connectivity index (χ3v) is 3.75. The van der Waals surface area contributed by atoms with Crippen molar-refractivity contribution in [1.29, 1.82) is 0 Å². The second-order valence-electron chi connectivity index (χ2n) is 4.75. The van der Waals surface area contributed by atoms with Crippen molar-refractivity contribution in [2.45, 2.75) is 38.0 Å². The summed E-state index contributed by atoms with van der Waals surface area (Å²) in [6, 6.07) is 0.468. The normalized spacial score (nSPS) is 48.1. The van der Waals surface area contributed by atoms with Gasteiger partial charge in [-0.25, -0.2) is 0 Å². The number of piperidine rings is 1. The van der Waals surface area contributed by atoms with E-state index in [1.807, 2.05) is 0 Å². The predicted octanol–water partition coefficient (Wildman–Crippen LogP) is -0.0306. The van der Waals surface area contributed by atoms with E-state index in [2.05, 4.69) is 25.8 Å². The number of nitrogens with zero attached hydrogens (tertiary/aromatic N) is 1. The summed E-state index contributed by atoms with van der Waals surface area (Å²) in [5.74, 6) is 0.0785. The first-order chi connectivity index (χ1) is 6.47. The summed E-state index contributed by atoms with van der Waals surface area (Å²) in [5.41, 5.74) is 5.03. The standard InChI is InChI=1S/C10H18N2O2/c1-6-5-12(3)7(2)4-10(6)8(14-10)9(11)13/h6-8H,4-5H2,1-3H3,(H2,11,13). The molecule has 0 bridgehead atoms. The molecule has 2 aliphatic heterocycles. The van der Waals surface area contributed by atoms with Crippen LogP contribution in [0.1, 0.15) is 20.3 Å². The van der Waals surface area contributed by atoms with E-state index in [1.165, 1.54) is 0 Å². The van der Waals surface area contributed by atoms with Crippen LogP contribution in [0, 0.1) is 5.92 Å². The van der Waals surface area contributed by atoms with Crippen molar-refractivity contribution in [1.82, 2.24) is 4.90 Å². The molecule has 0 aromatic heterocycles. The van der Waals surface area contributed by atoms with Gasteiger partial charge in [0, 0.05) is 18.5 Å². The summed E-state index contributed by atoms with van der Waals surface area (Å²) in [4.78, 5) is 13.4. The number of likely N-dealkylation sites (tertiary alicyclic amines) is 1. The number of rotatable bonds is 1. The average molecular weight is 198 g/mol. The first-order valence-electron chi connectivity index (χ1n) is 5.15. The number of carbonyl (C=O) groups excluding carboxylic acids is 1. The van der Waals surface area contributed by atoms with Crippen LogP contribution in [0.2, 0.25) is 0 Å². The maximum absolute atomic E-state index is 11.1. The minimum absolute atomic E-state index is 0.238. The lowest BCUT2D eigenvalue weighted by Gasteiger charge is -2.38. The van der Waals surface area contributed by atoms with Crippen LogP contribution in [0.15, 0.2) is 0 Å². The fourth-order valence-corrected chi connectivity index (χ4v) is 2.60. The average Bonchev–Trinajstić information content (AvgIpc) is 2.78. The number of hydrogen-bond donors (Lipinski definition) is 1. The molecule has 0 aromatic carbocycles. The van der Waals surface area contributed by atoms with Gasteiger partial charge in [-0.3, -0.25) is 4.79 Å². The molecule has 4 heteroatoms. The summed E-state index contributed by atoms with van der Waals surface area (Å²) in [5, 5.41) is 0. The second kappa shape index (κ2) is 2.94. The number of amides is 1. The van der Waals surface area contributed by atoms with Crippen LogP contribution >= 0.6 is 0 Å². The van der Waals surface area contributed by atoms with E-state index < -0.39 is 0 Å². The van der Waals surface area contributed by atoms with Gasteiger partial charge < -0.3 is 15.4 Å². The molecule has 2 aliphatic rings. The Balaban J connectivity index is 2.11. The molecule has 2 saturated heterocycles. The molecule has 2 fully saturated rings. The molecule has 4 atom stereocenters. The quantitative estimate of drug-likeness (QED) is 0.602. The molecule has 80 valence electrons. The molecule has 2 N–H and O–H groups in total. The largest absolute Gasteiger partial charge is 0.367 e. The van der Waals surface area contributed by atoms with Crippen molar-refractivity contribution in [3.8, 4) is 0 Å². The van der Waals surface area contributed by atoms with E-state index in [0.717, 1.165) is 13.0 Å². The van der Waals surface area contributed by atoms with Crippen molar-refractivity contribution in [2.75, 3.05) is 13.6 Å². The first-order valence-corrected chi connectivity index (χ1v) is 5.15. The number of hydrogen-bond acceptors (Lipinski definition) is 3. The minimum Gasteiger partial charge on any atom is -0.367 e. The summed E-state index contributed by atoms with van der Waals surface area (Å²) < 4.78 is 5.54. The maximum Gasteiger partial charge on any atom is 0.249 e. The number of carbonyl (C=O) groups is 1. The van der Waals surface area contributed by atoms with Gasteiger partial charge in [0.25, 0.3) is 0 Å². The zero-order valence-corrected chi connectivity index (χ0v) is 8.99. The Kier molecular flexibility index (Phi) is 2.08. The van der Waals surface area contributed by atoms with Crippen molar-refractivity contribution in [3.05, 3.63) is 0 Å². The van der Waals surface area contributed by atoms with Crippen molar-refractivity contribution < 1.29 is 9.53 Å². The fourth-order valence-electron chi connectivity index (χ4n) is 2.60. The molecule has 1 amide bonds. The van der Waals surface area contributed by atoms with Gasteiger partial charge >= 0.3 is 0 Å². The molecule has 1 spiro atoms. The SMILES string of the molecule is CC1CC2(OC2C(N)=O)C(C)CN1C. The highest BCUT2D eigenvalue weighted by Gasteiger charge is 2.64. The third kappa shape index (κ3) is 1.25. The Morgan fingerprint density at radius 2 is 2.21 bits per heavy atom. The molecule has 14 heavy (non-hydrogen) atoms. The molecular formula is C10H18N2O2. The number of ether oxygens (including phenoxy) is 1. The Labute approximate surface area is 84.4 Å². The molecule has 0 aromatic rings. The summed E-state index contributed by atoms with van der Waals surface area (Å²) >= 11 is 0. The predicted molar refractivity (Wildman–Crippen MR) is 52.7 cm³/mol. The van der Waals surface area contributed by atoms with Crippen LogP contribution in [-0.4, -0.2) is 42.1 Å². The van der Waals surface area contributed by atoms with Gasteiger partial charge in [-0.05, 0) is 20.4 Å². The van der Waals surface area contributed by atoms with Crippen LogP contribution in [0.3, 0.4) is 0 Å². The van der Waals surface area contributed by atoms with Gasteiger partial charge in [0.05, 0.1) is 0 Å². The summed E-state index contributed by atoms with van der Waals surface area (Å²) in [7, 11) is 2.11. The van der Waals surface area contributed by atoms with Crippen LogP contribution in [-0.2, 0) is 9.53 Å². The summed E-state index contributed by atoms with van der Waals surface area (Å²) in [6.07, 6.45) is 0.576.